The van der Waals surface area contributed by atoms with Crippen molar-refractivity contribution in [3.8, 4) is 0 Å². The van der Waals surface area contributed by atoms with Gasteiger partial charge in [-0.3, -0.25) is 9.59 Å². The minimum absolute atomic E-state index is 0.0458. The maximum absolute atomic E-state index is 12.6. The Morgan fingerprint density at radius 2 is 1.80 bits per heavy atom. The van der Waals surface area contributed by atoms with Gasteiger partial charge in [0.15, 0.2) is 0 Å². The molecular weight excluding hydrogens is 314 g/mol. The maximum Gasteiger partial charge on any atom is 0.246 e. The van der Waals surface area contributed by atoms with Gasteiger partial charge in [-0.15, -0.1) is 0 Å². The van der Waals surface area contributed by atoms with Gasteiger partial charge in [0.1, 0.15) is 5.54 Å². The number of nitrogens with zero attached hydrogens (tertiary/aromatic N) is 2. The van der Waals surface area contributed by atoms with Crippen LogP contribution in [-0.2, 0) is 16.0 Å². The van der Waals surface area contributed by atoms with Gasteiger partial charge in [0.2, 0.25) is 11.8 Å². The zero-order valence-electron chi connectivity index (χ0n) is 15.2. The van der Waals surface area contributed by atoms with Gasteiger partial charge in [0.25, 0.3) is 0 Å². The second kappa shape index (κ2) is 8.00. The molecule has 2 amide bonds. The van der Waals surface area contributed by atoms with E-state index in [1.165, 1.54) is 5.56 Å². The van der Waals surface area contributed by atoms with E-state index in [9.17, 15) is 9.59 Å². The molecule has 0 saturated carbocycles. The summed E-state index contributed by atoms with van der Waals surface area (Å²) in [6.45, 7) is 5.72. The van der Waals surface area contributed by atoms with Crippen molar-refractivity contribution in [2.75, 3.05) is 32.7 Å². The Morgan fingerprint density at radius 1 is 1.08 bits per heavy atom. The highest BCUT2D eigenvalue weighted by Crippen LogP contribution is 2.32. The van der Waals surface area contributed by atoms with E-state index >= 15 is 0 Å². The molecule has 2 fully saturated rings. The first-order chi connectivity index (χ1) is 12.2. The van der Waals surface area contributed by atoms with E-state index in [4.69, 9.17) is 0 Å². The molecule has 0 aliphatic carbocycles. The first kappa shape index (κ1) is 17.9. The number of nitrogens with one attached hydrogen (secondary N) is 1. The normalized spacial score (nSPS) is 20.8. The lowest BCUT2D eigenvalue weighted by Gasteiger charge is -2.49. The van der Waals surface area contributed by atoms with E-state index in [0.717, 1.165) is 51.7 Å². The first-order valence-electron chi connectivity index (χ1n) is 9.51. The summed E-state index contributed by atoms with van der Waals surface area (Å²) >= 11 is 0. The largest absolute Gasteiger partial charge is 0.345 e. The minimum Gasteiger partial charge on any atom is -0.345 e. The quantitative estimate of drug-likeness (QED) is 0.857. The van der Waals surface area contributed by atoms with Crippen molar-refractivity contribution < 1.29 is 9.59 Å². The second-order valence-electron chi connectivity index (χ2n) is 7.19. The van der Waals surface area contributed by atoms with Crippen molar-refractivity contribution in [3.63, 3.8) is 0 Å². The number of likely N-dealkylation sites (tertiary alicyclic amines) is 1. The summed E-state index contributed by atoms with van der Waals surface area (Å²) in [5.41, 5.74) is 0.767. The van der Waals surface area contributed by atoms with Crippen LogP contribution in [0, 0.1) is 0 Å². The minimum atomic E-state index is -0.610. The third kappa shape index (κ3) is 3.87. The lowest BCUT2D eigenvalue weighted by atomic mass is 9.82. The van der Waals surface area contributed by atoms with Crippen molar-refractivity contribution in [2.24, 2.45) is 0 Å². The number of rotatable bonds is 6. The smallest absolute Gasteiger partial charge is 0.246 e. The van der Waals surface area contributed by atoms with Gasteiger partial charge in [-0.1, -0.05) is 37.3 Å². The molecule has 1 aromatic carbocycles. The van der Waals surface area contributed by atoms with E-state index in [0.29, 0.717) is 6.54 Å². The number of benzene rings is 1. The Hall–Kier alpha value is -1.88. The van der Waals surface area contributed by atoms with Crippen LogP contribution in [0.15, 0.2) is 30.3 Å². The summed E-state index contributed by atoms with van der Waals surface area (Å²) in [5.74, 6) is 0.114. The van der Waals surface area contributed by atoms with Crippen molar-refractivity contribution in [3.05, 3.63) is 35.9 Å². The molecule has 1 spiro atoms. The van der Waals surface area contributed by atoms with Gasteiger partial charge in [0.05, 0.1) is 6.54 Å². The molecule has 2 aliphatic heterocycles. The molecule has 136 valence electrons. The monoisotopic (exact) mass is 343 g/mol. The zero-order valence-corrected chi connectivity index (χ0v) is 15.2. The number of hydrogen-bond donors (Lipinski definition) is 1. The Kier molecular flexibility index (Phi) is 5.74. The fourth-order valence-corrected chi connectivity index (χ4v) is 4.13. The highest BCUT2D eigenvalue weighted by Gasteiger charge is 2.50. The molecule has 25 heavy (non-hydrogen) atoms. The van der Waals surface area contributed by atoms with Crippen LogP contribution < -0.4 is 5.32 Å². The third-order valence-corrected chi connectivity index (χ3v) is 5.55. The lowest BCUT2D eigenvalue weighted by molar-refractivity contribution is -0.157. The fourth-order valence-electron chi connectivity index (χ4n) is 4.13. The number of piperidine rings is 1. The number of carbonyl (C=O) groups excluding carboxylic acids is 2. The van der Waals surface area contributed by atoms with Crippen LogP contribution in [0.4, 0.5) is 0 Å². The second-order valence-corrected chi connectivity index (χ2v) is 7.19. The summed E-state index contributed by atoms with van der Waals surface area (Å²) in [6.07, 6.45) is 4.59. The number of aryl methyl sites for hydroxylation is 1. The summed E-state index contributed by atoms with van der Waals surface area (Å²) in [7, 11) is 0. The van der Waals surface area contributed by atoms with Gasteiger partial charge in [-0.25, -0.2) is 0 Å². The van der Waals surface area contributed by atoms with Crippen LogP contribution in [0.25, 0.3) is 0 Å². The highest BCUT2D eigenvalue weighted by atomic mass is 16.2. The summed E-state index contributed by atoms with van der Waals surface area (Å²) in [4.78, 5) is 29.2. The average Bonchev–Trinajstić information content (AvgIpc) is 2.64. The molecular formula is C20H29N3O2. The Morgan fingerprint density at radius 3 is 2.48 bits per heavy atom. The van der Waals surface area contributed by atoms with E-state index in [1.54, 1.807) is 0 Å². The number of piperazine rings is 1. The van der Waals surface area contributed by atoms with Crippen LogP contribution in [-0.4, -0.2) is 59.9 Å². The molecule has 2 heterocycles. The third-order valence-electron chi connectivity index (χ3n) is 5.55. The van der Waals surface area contributed by atoms with Crippen molar-refractivity contribution in [1.82, 2.24) is 15.1 Å². The molecule has 0 bridgehead atoms. The van der Waals surface area contributed by atoms with Crippen LogP contribution >= 0.6 is 0 Å². The predicted molar refractivity (Wildman–Crippen MR) is 98.2 cm³/mol. The topological polar surface area (TPSA) is 52.7 Å². The van der Waals surface area contributed by atoms with Crippen LogP contribution in [0.5, 0.6) is 0 Å². The molecule has 0 atom stereocenters. The summed E-state index contributed by atoms with van der Waals surface area (Å²) in [6, 6.07) is 10.6. The SMILES string of the molecule is CCCN1C(=O)CNC(=O)C12CCN(CCCc1ccccc1)CC2. The van der Waals surface area contributed by atoms with Gasteiger partial charge < -0.3 is 15.1 Å². The van der Waals surface area contributed by atoms with Crippen LogP contribution in [0.3, 0.4) is 0 Å². The molecule has 0 unspecified atom stereocenters. The van der Waals surface area contributed by atoms with E-state index in [2.05, 4.69) is 41.4 Å². The molecule has 2 saturated heterocycles. The van der Waals surface area contributed by atoms with E-state index in [1.807, 2.05) is 11.0 Å². The molecule has 1 aromatic rings. The first-order valence-corrected chi connectivity index (χ1v) is 9.51. The molecule has 1 N–H and O–H groups in total. The van der Waals surface area contributed by atoms with Gasteiger partial charge in [-0.2, -0.15) is 0 Å². The Labute approximate surface area is 150 Å². The van der Waals surface area contributed by atoms with Crippen LogP contribution in [0.1, 0.15) is 38.2 Å². The lowest BCUT2D eigenvalue weighted by Crippen LogP contribution is -2.70. The van der Waals surface area contributed by atoms with Gasteiger partial charge in [-0.05, 0) is 44.2 Å². The molecule has 2 aliphatic rings. The summed E-state index contributed by atoms with van der Waals surface area (Å²) < 4.78 is 0. The molecule has 0 aromatic heterocycles. The molecule has 5 heteroatoms. The number of hydrogen-bond acceptors (Lipinski definition) is 3. The maximum atomic E-state index is 12.6. The highest BCUT2D eigenvalue weighted by molar-refractivity contribution is 5.98. The van der Waals surface area contributed by atoms with Crippen molar-refractivity contribution >= 4 is 11.8 Å². The van der Waals surface area contributed by atoms with Gasteiger partial charge in [0, 0.05) is 19.6 Å². The zero-order chi connectivity index (χ0) is 17.7. The van der Waals surface area contributed by atoms with Crippen LogP contribution in [0.2, 0.25) is 0 Å². The standard InChI is InChI=1S/C20H29N3O2/c1-2-12-23-18(24)16-21-19(25)20(23)10-14-22(15-11-20)13-6-9-17-7-4-3-5-8-17/h3-5,7-8H,2,6,9-16H2,1H3,(H,21,25). The number of amides is 2. The predicted octanol–water partition coefficient (Wildman–Crippen LogP) is 1.82. The van der Waals surface area contributed by atoms with E-state index in [-0.39, 0.29) is 18.4 Å². The van der Waals surface area contributed by atoms with Crippen molar-refractivity contribution in [2.45, 2.75) is 44.6 Å². The molecule has 3 rings (SSSR count). The molecule has 0 radical (unpaired) electrons. The number of carbonyl (C=O) groups is 2. The van der Waals surface area contributed by atoms with Gasteiger partial charge >= 0.3 is 0 Å². The fraction of sp³-hybridized carbons (Fsp3) is 0.600. The Bertz CT molecular complexity index is 594. The summed E-state index contributed by atoms with van der Waals surface area (Å²) in [5, 5.41) is 2.81. The van der Waals surface area contributed by atoms with Crippen molar-refractivity contribution in [1.29, 1.82) is 0 Å². The Balaban J connectivity index is 1.54. The van der Waals surface area contributed by atoms with E-state index < -0.39 is 5.54 Å². The molecule has 5 nitrogen and oxygen atoms in total. The average molecular weight is 343 g/mol.